The molecule has 1 aliphatic rings. The summed E-state index contributed by atoms with van der Waals surface area (Å²) in [6.07, 6.45) is 2.66. The zero-order valence-electron chi connectivity index (χ0n) is 10.4. The van der Waals surface area contributed by atoms with Crippen LogP contribution in [0.3, 0.4) is 0 Å². The zero-order chi connectivity index (χ0) is 12.1. The first-order valence-corrected chi connectivity index (χ1v) is 5.93. The van der Waals surface area contributed by atoms with Crippen molar-refractivity contribution in [2.75, 3.05) is 33.7 Å². The van der Waals surface area contributed by atoms with Crippen LogP contribution in [0.4, 0.5) is 0 Å². The maximum atomic E-state index is 10.9. The average molecular weight is 228 g/mol. The minimum atomic E-state index is -0.259. The molecule has 0 saturated carbocycles. The smallest absolute Gasteiger partial charge is 0.219 e. The second kappa shape index (κ2) is 6.18. The number of likely N-dealkylation sites (tertiary alicyclic amines) is 1. The zero-order valence-corrected chi connectivity index (χ0v) is 10.4. The molecule has 1 unspecified atom stereocenters. The highest BCUT2D eigenvalue weighted by Crippen LogP contribution is 2.17. The number of piperidine rings is 1. The van der Waals surface area contributed by atoms with Gasteiger partial charge in [0.2, 0.25) is 5.91 Å². The van der Waals surface area contributed by atoms with E-state index in [1.54, 1.807) is 0 Å². The molecule has 1 fully saturated rings. The molecule has 5 heteroatoms. The highest BCUT2D eigenvalue weighted by molar-refractivity contribution is 5.74. The fraction of sp³-hybridized carbons (Fsp3) is 0.909. The molecule has 1 amide bonds. The molecule has 0 radical (unpaired) electrons. The Morgan fingerprint density at radius 3 is 2.38 bits per heavy atom. The van der Waals surface area contributed by atoms with Crippen molar-refractivity contribution in [2.24, 2.45) is 11.5 Å². The molecule has 0 bridgehead atoms. The second-order valence-electron chi connectivity index (χ2n) is 4.79. The van der Waals surface area contributed by atoms with E-state index >= 15 is 0 Å². The van der Waals surface area contributed by atoms with E-state index in [2.05, 4.69) is 23.9 Å². The molecule has 0 aromatic carbocycles. The summed E-state index contributed by atoms with van der Waals surface area (Å²) in [6.45, 7) is 2.53. The number of primary amides is 1. The van der Waals surface area contributed by atoms with E-state index < -0.39 is 0 Å². The molecular formula is C11H24N4O. The van der Waals surface area contributed by atoms with Crippen LogP contribution in [0.15, 0.2) is 0 Å². The van der Waals surface area contributed by atoms with Crippen LogP contribution < -0.4 is 11.5 Å². The molecule has 16 heavy (non-hydrogen) atoms. The lowest BCUT2D eigenvalue weighted by atomic mass is 10.0. The average Bonchev–Trinajstić information content (AvgIpc) is 2.25. The molecule has 1 atom stereocenters. The fourth-order valence-electron chi connectivity index (χ4n) is 2.36. The van der Waals surface area contributed by atoms with Gasteiger partial charge < -0.3 is 16.4 Å². The van der Waals surface area contributed by atoms with Crippen LogP contribution in [-0.2, 0) is 4.79 Å². The molecule has 1 heterocycles. The summed E-state index contributed by atoms with van der Waals surface area (Å²) < 4.78 is 0. The van der Waals surface area contributed by atoms with Crippen molar-refractivity contribution in [3.63, 3.8) is 0 Å². The molecule has 1 rings (SSSR count). The number of nitrogens with zero attached hydrogens (tertiary/aromatic N) is 2. The van der Waals surface area contributed by atoms with E-state index in [1.165, 1.54) is 0 Å². The van der Waals surface area contributed by atoms with Gasteiger partial charge in [-0.05, 0) is 40.0 Å². The third kappa shape index (κ3) is 3.73. The van der Waals surface area contributed by atoms with Crippen LogP contribution in [-0.4, -0.2) is 61.5 Å². The fourth-order valence-corrected chi connectivity index (χ4v) is 2.36. The highest BCUT2D eigenvalue weighted by Gasteiger charge is 2.25. The lowest BCUT2D eigenvalue weighted by Crippen LogP contribution is -2.49. The molecule has 1 aliphatic heterocycles. The summed E-state index contributed by atoms with van der Waals surface area (Å²) in [4.78, 5) is 15.5. The van der Waals surface area contributed by atoms with Gasteiger partial charge in [0.1, 0.15) is 0 Å². The second-order valence-corrected chi connectivity index (χ2v) is 4.79. The number of hydrogen-bond acceptors (Lipinski definition) is 4. The van der Waals surface area contributed by atoms with E-state index in [4.69, 9.17) is 11.5 Å². The van der Waals surface area contributed by atoms with Gasteiger partial charge >= 0.3 is 0 Å². The van der Waals surface area contributed by atoms with E-state index in [1.807, 2.05) is 0 Å². The Kier molecular flexibility index (Phi) is 5.18. The minimum absolute atomic E-state index is 0.126. The summed E-state index contributed by atoms with van der Waals surface area (Å²) in [5.41, 5.74) is 10.9. The number of nitrogens with two attached hydrogens (primary N) is 2. The van der Waals surface area contributed by atoms with Crippen LogP contribution in [0.2, 0.25) is 0 Å². The van der Waals surface area contributed by atoms with Gasteiger partial charge in [0.15, 0.2) is 0 Å². The first-order valence-electron chi connectivity index (χ1n) is 5.93. The van der Waals surface area contributed by atoms with E-state index in [0.29, 0.717) is 19.0 Å². The van der Waals surface area contributed by atoms with Crippen molar-refractivity contribution < 1.29 is 4.79 Å². The molecule has 94 valence electrons. The molecule has 5 nitrogen and oxygen atoms in total. The molecule has 0 aromatic rings. The molecule has 0 aromatic heterocycles. The van der Waals surface area contributed by atoms with Gasteiger partial charge in [-0.1, -0.05) is 0 Å². The van der Waals surface area contributed by atoms with Gasteiger partial charge in [0.05, 0.1) is 0 Å². The van der Waals surface area contributed by atoms with Crippen LogP contribution in [0.5, 0.6) is 0 Å². The maximum Gasteiger partial charge on any atom is 0.219 e. The lowest BCUT2D eigenvalue weighted by Gasteiger charge is -2.38. The van der Waals surface area contributed by atoms with Crippen molar-refractivity contribution in [3.8, 4) is 0 Å². The third-order valence-corrected chi connectivity index (χ3v) is 3.45. The van der Waals surface area contributed by atoms with Crippen LogP contribution >= 0.6 is 0 Å². The number of rotatable bonds is 5. The Morgan fingerprint density at radius 1 is 1.44 bits per heavy atom. The normalized spacial score (nSPS) is 21.2. The van der Waals surface area contributed by atoms with E-state index in [-0.39, 0.29) is 11.9 Å². The van der Waals surface area contributed by atoms with Gasteiger partial charge in [-0.25, -0.2) is 0 Å². The van der Waals surface area contributed by atoms with Crippen molar-refractivity contribution >= 4 is 5.91 Å². The molecule has 0 aliphatic carbocycles. The van der Waals surface area contributed by atoms with Gasteiger partial charge in [-0.15, -0.1) is 0 Å². The quantitative estimate of drug-likeness (QED) is 0.647. The molecule has 4 N–H and O–H groups in total. The number of carbonyl (C=O) groups excluding carboxylic acids is 1. The maximum absolute atomic E-state index is 10.9. The van der Waals surface area contributed by atoms with Gasteiger partial charge in [-0.2, -0.15) is 0 Å². The Labute approximate surface area is 97.7 Å². The largest absolute Gasteiger partial charge is 0.370 e. The van der Waals surface area contributed by atoms with E-state index in [9.17, 15) is 4.79 Å². The molecule has 0 spiro atoms. The Morgan fingerprint density at radius 2 is 2.00 bits per heavy atom. The monoisotopic (exact) mass is 228 g/mol. The van der Waals surface area contributed by atoms with Crippen LogP contribution in [0.25, 0.3) is 0 Å². The summed E-state index contributed by atoms with van der Waals surface area (Å²) in [6, 6.07) is 0.781. The first-order chi connectivity index (χ1) is 7.54. The summed E-state index contributed by atoms with van der Waals surface area (Å²) in [5.74, 6) is -0.259. The van der Waals surface area contributed by atoms with Crippen molar-refractivity contribution in [3.05, 3.63) is 0 Å². The number of hydrogen-bond donors (Lipinski definition) is 2. The predicted octanol–water partition coefficient (Wildman–Crippen LogP) is -0.785. The van der Waals surface area contributed by atoms with Crippen LogP contribution in [0, 0.1) is 0 Å². The SMILES string of the molecule is CN(C)C1CCN(C(CN)CC(N)=O)CC1. The molecular weight excluding hydrogens is 204 g/mol. The summed E-state index contributed by atoms with van der Waals surface area (Å²) in [5, 5.41) is 0. The topological polar surface area (TPSA) is 75.6 Å². The van der Waals surface area contributed by atoms with Crippen LogP contribution in [0.1, 0.15) is 19.3 Å². The van der Waals surface area contributed by atoms with Crippen molar-refractivity contribution in [1.82, 2.24) is 9.80 Å². The third-order valence-electron chi connectivity index (χ3n) is 3.45. The molecule has 1 saturated heterocycles. The highest BCUT2D eigenvalue weighted by atomic mass is 16.1. The first kappa shape index (κ1) is 13.4. The van der Waals surface area contributed by atoms with Crippen molar-refractivity contribution in [2.45, 2.75) is 31.3 Å². The Bertz CT molecular complexity index is 224. The van der Waals surface area contributed by atoms with Gasteiger partial charge in [0.25, 0.3) is 0 Å². The lowest BCUT2D eigenvalue weighted by molar-refractivity contribution is -0.119. The van der Waals surface area contributed by atoms with Gasteiger partial charge in [0, 0.05) is 25.0 Å². The predicted molar refractivity (Wildman–Crippen MR) is 64.9 cm³/mol. The standard InChI is InChI=1S/C11H24N4O/c1-14(2)9-3-5-15(6-4-9)10(8-12)7-11(13)16/h9-10H,3-8,12H2,1-2H3,(H2,13,16). The Balaban J connectivity index is 2.41. The minimum Gasteiger partial charge on any atom is -0.370 e. The van der Waals surface area contributed by atoms with Gasteiger partial charge in [-0.3, -0.25) is 9.69 Å². The Hall–Kier alpha value is -0.650. The van der Waals surface area contributed by atoms with Crippen molar-refractivity contribution in [1.29, 1.82) is 0 Å². The number of amides is 1. The summed E-state index contributed by atoms with van der Waals surface area (Å²) >= 11 is 0. The summed E-state index contributed by atoms with van der Waals surface area (Å²) in [7, 11) is 4.23. The van der Waals surface area contributed by atoms with E-state index in [0.717, 1.165) is 25.9 Å². The number of carbonyl (C=O) groups is 1.